The first kappa shape index (κ1) is 21.7. The van der Waals surface area contributed by atoms with E-state index in [0.717, 1.165) is 62.0 Å². The molecule has 0 unspecified atom stereocenters. The number of hydrogen-bond donors (Lipinski definition) is 2. The molecule has 4 aliphatic heterocycles. The van der Waals surface area contributed by atoms with E-state index in [1.807, 2.05) is 12.1 Å². The molecular formula is C22H25BrN6O4. The molecule has 0 amide bonds. The minimum absolute atomic E-state index is 0.321. The van der Waals surface area contributed by atoms with Crippen LogP contribution in [0.1, 0.15) is 33.8 Å². The Morgan fingerprint density at radius 3 is 2.18 bits per heavy atom. The number of methoxy groups -OCH3 is 2. The SMILES string of the molecule is COC(=O)c1ccc2c(n1)N[C@H]1CCN2C1.COC(=O)c1nc2c(cc1Br)N1CC[C@@H](C1)N2. The van der Waals surface area contributed by atoms with E-state index >= 15 is 0 Å². The van der Waals surface area contributed by atoms with Crippen LogP contribution in [0.25, 0.3) is 0 Å². The van der Waals surface area contributed by atoms with Gasteiger partial charge in [-0.2, -0.15) is 0 Å². The van der Waals surface area contributed by atoms with E-state index in [2.05, 4.69) is 51.1 Å². The first-order chi connectivity index (χ1) is 16.0. The highest BCUT2D eigenvalue weighted by atomic mass is 79.9. The highest BCUT2D eigenvalue weighted by Gasteiger charge is 2.32. The molecule has 6 rings (SSSR count). The van der Waals surface area contributed by atoms with Crippen molar-refractivity contribution in [3.05, 3.63) is 34.1 Å². The van der Waals surface area contributed by atoms with Crippen LogP contribution >= 0.6 is 15.9 Å². The molecule has 4 bridgehead atoms. The van der Waals surface area contributed by atoms with Crippen LogP contribution in [0.5, 0.6) is 0 Å². The molecule has 6 heterocycles. The third kappa shape index (κ3) is 4.05. The molecule has 10 nitrogen and oxygen atoms in total. The van der Waals surface area contributed by atoms with Crippen molar-refractivity contribution >= 4 is 50.9 Å². The van der Waals surface area contributed by atoms with E-state index in [4.69, 9.17) is 4.74 Å². The summed E-state index contributed by atoms with van der Waals surface area (Å²) >= 11 is 3.37. The maximum atomic E-state index is 11.5. The number of fused-ring (bicyclic) bond motifs is 8. The van der Waals surface area contributed by atoms with Crippen LogP contribution in [0.2, 0.25) is 0 Å². The van der Waals surface area contributed by atoms with Crippen molar-refractivity contribution < 1.29 is 19.1 Å². The average Bonchev–Trinajstić information content (AvgIpc) is 3.42. The van der Waals surface area contributed by atoms with Gasteiger partial charge in [0.2, 0.25) is 0 Å². The highest BCUT2D eigenvalue weighted by molar-refractivity contribution is 9.10. The number of nitrogens with zero attached hydrogens (tertiary/aromatic N) is 4. The van der Waals surface area contributed by atoms with Crippen molar-refractivity contribution in [1.82, 2.24) is 9.97 Å². The summed E-state index contributed by atoms with van der Waals surface area (Å²) in [5.41, 5.74) is 2.82. The molecule has 11 heteroatoms. The van der Waals surface area contributed by atoms with Crippen molar-refractivity contribution in [2.45, 2.75) is 24.9 Å². The number of rotatable bonds is 2. The van der Waals surface area contributed by atoms with Crippen LogP contribution in [0.15, 0.2) is 22.7 Å². The Balaban J connectivity index is 0.000000139. The summed E-state index contributed by atoms with van der Waals surface area (Å²) in [5.74, 6) is 0.769. The zero-order valence-corrected chi connectivity index (χ0v) is 20.0. The predicted molar refractivity (Wildman–Crippen MR) is 127 cm³/mol. The van der Waals surface area contributed by atoms with Crippen LogP contribution in [-0.2, 0) is 9.47 Å². The van der Waals surface area contributed by atoms with Crippen LogP contribution < -0.4 is 20.4 Å². The quantitative estimate of drug-likeness (QED) is 0.577. The van der Waals surface area contributed by atoms with E-state index in [-0.39, 0.29) is 0 Å². The molecule has 2 N–H and O–H groups in total. The first-order valence-corrected chi connectivity index (χ1v) is 11.7. The van der Waals surface area contributed by atoms with Gasteiger partial charge in [-0.15, -0.1) is 0 Å². The lowest BCUT2D eigenvalue weighted by molar-refractivity contribution is 0.0585. The lowest BCUT2D eigenvalue weighted by Crippen LogP contribution is -2.32. The summed E-state index contributed by atoms with van der Waals surface area (Å²) in [5, 5.41) is 6.70. The Morgan fingerprint density at radius 2 is 1.55 bits per heavy atom. The lowest BCUT2D eigenvalue weighted by Gasteiger charge is -2.28. The van der Waals surface area contributed by atoms with Gasteiger partial charge >= 0.3 is 11.9 Å². The smallest absolute Gasteiger partial charge is 0.357 e. The second-order valence-electron chi connectivity index (χ2n) is 8.39. The van der Waals surface area contributed by atoms with Crippen molar-refractivity contribution in [3.63, 3.8) is 0 Å². The van der Waals surface area contributed by atoms with Gasteiger partial charge in [-0.05, 0) is 47.0 Å². The summed E-state index contributed by atoms with van der Waals surface area (Å²) < 4.78 is 10.0. The van der Waals surface area contributed by atoms with E-state index in [9.17, 15) is 9.59 Å². The van der Waals surface area contributed by atoms with Crippen LogP contribution in [0, 0.1) is 0 Å². The van der Waals surface area contributed by atoms with Gasteiger partial charge in [0.15, 0.2) is 23.0 Å². The Morgan fingerprint density at radius 1 is 0.939 bits per heavy atom. The molecule has 0 spiro atoms. The highest BCUT2D eigenvalue weighted by Crippen LogP contribution is 2.37. The van der Waals surface area contributed by atoms with Crippen molar-refractivity contribution in [1.29, 1.82) is 0 Å². The molecule has 0 aromatic carbocycles. The largest absolute Gasteiger partial charge is 0.464 e. The second kappa shape index (κ2) is 8.69. The molecule has 0 radical (unpaired) electrons. The minimum atomic E-state index is -0.422. The summed E-state index contributed by atoms with van der Waals surface area (Å²) in [6, 6.07) is 6.49. The van der Waals surface area contributed by atoms with E-state index in [1.54, 1.807) is 6.07 Å². The maximum Gasteiger partial charge on any atom is 0.357 e. The Hall–Kier alpha value is -3.08. The number of carbonyl (C=O) groups excluding carboxylic acids is 2. The van der Waals surface area contributed by atoms with Gasteiger partial charge < -0.3 is 29.9 Å². The second-order valence-corrected chi connectivity index (χ2v) is 9.24. The van der Waals surface area contributed by atoms with Gasteiger partial charge in [0, 0.05) is 38.3 Å². The fourth-order valence-electron chi connectivity index (χ4n) is 4.68. The fraction of sp³-hybridized carbons (Fsp3) is 0.455. The zero-order valence-electron chi connectivity index (χ0n) is 18.4. The van der Waals surface area contributed by atoms with Gasteiger partial charge in [0.1, 0.15) is 0 Å². The Kier molecular flexibility index (Phi) is 5.73. The topological polar surface area (TPSA) is 109 Å². The maximum absolute atomic E-state index is 11.5. The average molecular weight is 517 g/mol. The number of ether oxygens (including phenoxy) is 2. The van der Waals surface area contributed by atoms with Crippen molar-refractivity contribution in [3.8, 4) is 0 Å². The van der Waals surface area contributed by atoms with Crippen LogP contribution in [0.4, 0.5) is 23.0 Å². The van der Waals surface area contributed by atoms with Crippen LogP contribution in [0.3, 0.4) is 0 Å². The van der Waals surface area contributed by atoms with E-state index < -0.39 is 11.9 Å². The molecule has 2 aromatic heterocycles. The summed E-state index contributed by atoms with van der Waals surface area (Å²) in [6.07, 6.45) is 2.24. The number of carbonyl (C=O) groups is 2. The number of aromatic nitrogens is 2. The Labute approximate surface area is 199 Å². The van der Waals surface area contributed by atoms with Crippen molar-refractivity contribution in [2.75, 3.05) is 60.8 Å². The lowest BCUT2D eigenvalue weighted by atomic mass is 10.2. The van der Waals surface area contributed by atoms with Gasteiger partial charge in [0.25, 0.3) is 0 Å². The third-order valence-electron chi connectivity index (χ3n) is 6.34. The van der Waals surface area contributed by atoms with Gasteiger partial charge in [-0.1, -0.05) is 0 Å². The molecule has 33 heavy (non-hydrogen) atoms. The third-order valence-corrected chi connectivity index (χ3v) is 6.95. The van der Waals surface area contributed by atoms with Gasteiger partial charge in [-0.3, -0.25) is 0 Å². The molecule has 174 valence electrons. The normalized spacial score (nSPS) is 21.1. The number of halogens is 1. The number of nitrogens with one attached hydrogen (secondary N) is 2. The molecule has 2 fully saturated rings. The van der Waals surface area contributed by atoms with E-state index in [0.29, 0.717) is 27.9 Å². The van der Waals surface area contributed by atoms with E-state index in [1.165, 1.54) is 14.2 Å². The zero-order chi connectivity index (χ0) is 23.1. The first-order valence-electron chi connectivity index (χ1n) is 10.9. The molecule has 0 saturated carbocycles. The molecule has 0 aliphatic carbocycles. The standard InChI is InChI=1S/C11H12BrN3O2.C11H13N3O2/c1-17-11(16)9-7(12)4-8-10(14-9)13-6-2-3-15(8)5-6;1-16-11(15)8-2-3-9-10(13-8)12-7-4-5-14(9)6-7/h4,6H,2-3,5H2,1H3,(H,13,14);2-3,7H,4-6H2,1H3,(H,12,13)/t6-;7-/m00/s1. The monoisotopic (exact) mass is 516 g/mol. The molecule has 2 atom stereocenters. The molecule has 4 aliphatic rings. The number of anilines is 4. The van der Waals surface area contributed by atoms with Crippen molar-refractivity contribution in [2.24, 2.45) is 0 Å². The molecular weight excluding hydrogens is 492 g/mol. The summed E-state index contributed by atoms with van der Waals surface area (Å²) in [6.45, 7) is 4.14. The van der Waals surface area contributed by atoms with Gasteiger partial charge in [0.05, 0.1) is 30.1 Å². The van der Waals surface area contributed by atoms with Crippen LogP contribution in [-0.4, -0.2) is 74.4 Å². The number of esters is 2. The summed E-state index contributed by atoms with van der Waals surface area (Å²) in [4.78, 5) is 36.1. The van der Waals surface area contributed by atoms with Gasteiger partial charge in [-0.25, -0.2) is 19.6 Å². The Bertz CT molecular complexity index is 1110. The fourth-order valence-corrected chi connectivity index (χ4v) is 5.15. The molecule has 2 aromatic rings. The number of hydrogen-bond acceptors (Lipinski definition) is 10. The number of pyridine rings is 2. The predicted octanol–water partition coefficient (Wildman–Crippen LogP) is 2.51. The summed E-state index contributed by atoms with van der Waals surface area (Å²) in [7, 11) is 2.72. The minimum Gasteiger partial charge on any atom is -0.464 e. The molecule has 2 saturated heterocycles.